The molecular formula is C12H17NO4S. The van der Waals surface area contributed by atoms with Crippen molar-refractivity contribution in [3.63, 3.8) is 0 Å². The number of phenolic OH excluding ortho intramolecular Hbond substituents is 1. The van der Waals surface area contributed by atoms with E-state index in [1.807, 2.05) is 0 Å². The average molecular weight is 271 g/mol. The van der Waals surface area contributed by atoms with Gasteiger partial charge < -0.3 is 9.84 Å². The smallest absolute Gasteiger partial charge is 0.241 e. The van der Waals surface area contributed by atoms with Gasteiger partial charge in [-0.05, 0) is 37.8 Å². The summed E-state index contributed by atoms with van der Waals surface area (Å²) in [5.41, 5.74) is 0. The van der Waals surface area contributed by atoms with Crippen molar-refractivity contribution in [2.75, 3.05) is 0 Å². The predicted octanol–water partition coefficient (Wildman–Crippen LogP) is 1.75. The predicted molar refractivity (Wildman–Crippen MR) is 67.0 cm³/mol. The molecule has 0 bridgehead atoms. The van der Waals surface area contributed by atoms with Gasteiger partial charge in [-0.15, -0.1) is 0 Å². The van der Waals surface area contributed by atoms with E-state index in [1.165, 1.54) is 24.6 Å². The van der Waals surface area contributed by atoms with Gasteiger partial charge in [0.2, 0.25) is 10.0 Å². The normalized spacial score (nSPS) is 17.6. The molecule has 1 aliphatic rings. The minimum absolute atomic E-state index is 0.000972. The first kappa shape index (κ1) is 13.2. The van der Waals surface area contributed by atoms with Crippen LogP contribution in [0.4, 0.5) is 0 Å². The summed E-state index contributed by atoms with van der Waals surface area (Å²) in [5, 5.41) is 14.5. The number of hydrogen-bond donors (Lipinski definition) is 2. The summed E-state index contributed by atoms with van der Waals surface area (Å²) in [6.45, 7) is 0. The third kappa shape index (κ3) is 3.14. The van der Waals surface area contributed by atoms with Crippen LogP contribution in [0.25, 0.3) is 0 Å². The molecule has 0 saturated heterocycles. The highest BCUT2D eigenvalue weighted by atomic mass is 32.2. The Kier molecular flexibility index (Phi) is 3.77. The summed E-state index contributed by atoms with van der Waals surface area (Å²) in [4.78, 5) is -0.0779. The van der Waals surface area contributed by atoms with Gasteiger partial charge in [-0.2, -0.15) is 0 Å². The molecule has 1 saturated carbocycles. The zero-order valence-electron chi connectivity index (χ0n) is 10.0. The Hall–Kier alpha value is -1.27. The maximum absolute atomic E-state index is 11.4. The fourth-order valence-corrected chi connectivity index (χ4v) is 2.83. The van der Waals surface area contributed by atoms with Crippen molar-refractivity contribution < 1.29 is 18.3 Å². The van der Waals surface area contributed by atoms with Crippen molar-refractivity contribution in [2.24, 2.45) is 5.14 Å². The van der Waals surface area contributed by atoms with Crippen LogP contribution in [0.1, 0.15) is 32.1 Å². The highest BCUT2D eigenvalue weighted by molar-refractivity contribution is 7.89. The van der Waals surface area contributed by atoms with Gasteiger partial charge in [-0.1, -0.05) is 6.42 Å². The number of ether oxygens (including phenoxy) is 1. The van der Waals surface area contributed by atoms with Crippen LogP contribution in [-0.4, -0.2) is 19.6 Å². The molecular weight excluding hydrogens is 254 g/mol. The molecule has 1 aromatic carbocycles. The van der Waals surface area contributed by atoms with E-state index in [2.05, 4.69) is 0 Å². The SMILES string of the molecule is NS(=O)(=O)c1ccc(O)cc1OC1CCCCC1. The van der Waals surface area contributed by atoms with E-state index in [0.717, 1.165) is 25.7 Å². The maximum atomic E-state index is 11.4. The van der Waals surface area contributed by atoms with E-state index in [0.29, 0.717) is 0 Å². The first-order chi connectivity index (χ1) is 8.47. The lowest BCUT2D eigenvalue weighted by molar-refractivity contribution is 0.150. The van der Waals surface area contributed by atoms with Crippen LogP contribution in [0.15, 0.2) is 23.1 Å². The minimum atomic E-state index is -3.84. The largest absolute Gasteiger partial charge is 0.508 e. The molecule has 0 spiro atoms. The Bertz CT molecular complexity index is 521. The molecule has 0 amide bonds. The summed E-state index contributed by atoms with van der Waals surface area (Å²) in [7, 11) is -3.84. The Morgan fingerprint density at radius 1 is 1.22 bits per heavy atom. The van der Waals surface area contributed by atoms with Crippen LogP contribution in [0, 0.1) is 0 Å². The van der Waals surface area contributed by atoms with Crippen molar-refractivity contribution in [1.29, 1.82) is 0 Å². The van der Waals surface area contributed by atoms with E-state index in [-0.39, 0.29) is 22.5 Å². The highest BCUT2D eigenvalue weighted by Crippen LogP contribution is 2.31. The lowest BCUT2D eigenvalue weighted by atomic mass is 9.98. The zero-order valence-corrected chi connectivity index (χ0v) is 10.8. The monoisotopic (exact) mass is 271 g/mol. The van der Waals surface area contributed by atoms with E-state index >= 15 is 0 Å². The van der Waals surface area contributed by atoms with Gasteiger partial charge in [0.25, 0.3) is 0 Å². The fourth-order valence-electron chi connectivity index (χ4n) is 2.19. The summed E-state index contributed by atoms with van der Waals surface area (Å²) in [6.07, 6.45) is 5.14. The molecule has 1 aromatic rings. The first-order valence-electron chi connectivity index (χ1n) is 5.99. The van der Waals surface area contributed by atoms with Gasteiger partial charge in [-0.3, -0.25) is 0 Å². The molecule has 1 fully saturated rings. The molecule has 0 atom stereocenters. The molecule has 0 heterocycles. The Balaban J connectivity index is 2.27. The third-order valence-corrected chi connectivity index (χ3v) is 4.03. The lowest BCUT2D eigenvalue weighted by Gasteiger charge is -2.24. The lowest BCUT2D eigenvalue weighted by Crippen LogP contribution is -2.22. The van der Waals surface area contributed by atoms with Crippen molar-refractivity contribution in [3.05, 3.63) is 18.2 Å². The van der Waals surface area contributed by atoms with Crippen molar-refractivity contribution in [1.82, 2.24) is 0 Å². The van der Waals surface area contributed by atoms with Gasteiger partial charge in [-0.25, -0.2) is 13.6 Å². The summed E-state index contributed by atoms with van der Waals surface area (Å²) < 4.78 is 28.5. The molecule has 3 N–H and O–H groups in total. The van der Waals surface area contributed by atoms with Gasteiger partial charge in [0.1, 0.15) is 16.4 Å². The van der Waals surface area contributed by atoms with Crippen molar-refractivity contribution in [3.8, 4) is 11.5 Å². The van der Waals surface area contributed by atoms with Gasteiger partial charge >= 0.3 is 0 Å². The average Bonchev–Trinajstić information content (AvgIpc) is 2.28. The number of sulfonamides is 1. The molecule has 18 heavy (non-hydrogen) atoms. The van der Waals surface area contributed by atoms with Gasteiger partial charge in [0.05, 0.1) is 6.10 Å². The standard InChI is InChI=1S/C12H17NO4S/c13-18(15,16)12-7-6-9(14)8-11(12)17-10-4-2-1-3-5-10/h6-8,10,14H,1-5H2,(H2,13,15,16). The van der Waals surface area contributed by atoms with Crippen LogP contribution >= 0.6 is 0 Å². The van der Waals surface area contributed by atoms with Gasteiger partial charge in [0, 0.05) is 6.07 Å². The number of phenols is 1. The van der Waals surface area contributed by atoms with E-state index < -0.39 is 10.0 Å². The zero-order chi connectivity index (χ0) is 13.2. The molecule has 100 valence electrons. The fraction of sp³-hybridized carbons (Fsp3) is 0.500. The molecule has 0 aromatic heterocycles. The Morgan fingerprint density at radius 2 is 1.89 bits per heavy atom. The number of benzene rings is 1. The van der Waals surface area contributed by atoms with Crippen LogP contribution in [0.2, 0.25) is 0 Å². The number of rotatable bonds is 3. The molecule has 0 aliphatic heterocycles. The third-order valence-electron chi connectivity index (χ3n) is 3.08. The second-order valence-electron chi connectivity index (χ2n) is 4.55. The molecule has 6 heteroatoms. The first-order valence-corrected chi connectivity index (χ1v) is 7.54. The number of nitrogens with two attached hydrogens (primary N) is 1. The quantitative estimate of drug-likeness (QED) is 0.876. The summed E-state index contributed by atoms with van der Waals surface area (Å²) in [6, 6.07) is 3.85. The van der Waals surface area contributed by atoms with Gasteiger partial charge in [0.15, 0.2) is 0 Å². The highest BCUT2D eigenvalue weighted by Gasteiger charge is 2.20. The van der Waals surface area contributed by atoms with Crippen LogP contribution < -0.4 is 9.88 Å². The molecule has 1 aliphatic carbocycles. The Labute approximate surface area is 107 Å². The van der Waals surface area contributed by atoms with Crippen LogP contribution in [0.5, 0.6) is 11.5 Å². The Morgan fingerprint density at radius 3 is 2.50 bits per heavy atom. The maximum Gasteiger partial charge on any atom is 0.241 e. The summed E-state index contributed by atoms with van der Waals surface area (Å²) in [5.74, 6) is 0.109. The van der Waals surface area contributed by atoms with Crippen molar-refractivity contribution in [2.45, 2.75) is 43.1 Å². The second kappa shape index (κ2) is 5.16. The molecule has 2 rings (SSSR count). The topological polar surface area (TPSA) is 89.6 Å². The minimum Gasteiger partial charge on any atom is -0.508 e. The van der Waals surface area contributed by atoms with Crippen molar-refractivity contribution >= 4 is 10.0 Å². The molecule has 0 unspecified atom stereocenters. The van der Waals surface area contributed by atoms with Crippen LogP contribution in [0.3, 0.4) is 0 Å². The molecule has 0 radical (unpaired) electrons. The number of aromatic hydroxyl groups is 1. The molecule has 5 nitrogen and oxygen atoms in total. The van der Waals surface area contributed by atoms with E-state index in [9.17, 15) is 13.5 Å². The van der Waals surface area contributed by atoms with E-state index in [1.54, 1.807) is 0 Å². The van der Waals surface area contributed by atoms with E-state index in [4.69, 9.17) is 9.88 Å². The number of primary sulfonamides is 1. The summed E-state index contributed by atoms with van der Waals surface area (Å²) >= 11 is 0. The second-order valence-corrected chi connectivity index (χ2v) is 6.08. The number of hydrogen-bond acceptors (Lipinski definition) is 4. The van der Waals surface area contributed by atoms with Crippen LogP contribution in [-0.2, 0) is 10.0 Å².